The fraction of sp³-hybridized carbons (Fsp3) is 0.345. The molecule has 5 rings (SSSR count). The maximum Gasteiger partial charge on any atom is 0.416 e. The van der Waals surface area contributed by atoms with Gasteiger partial charge in [0.05, 0.1) is 17.7 Å². The lowest BCUT2D eigenvalue weighted by Gasteiger charge is -2.32. The Hall–Kier alpha value is -4.13. The number of alkyl halides is 6. The zero-order chi connectivity index (χ0) is 30.2. The number of aromatic nitrogens is 1. The molecule has 42 heavy (non-hydrogen) atoms. The fourth-order valence-corrected chi connectivity index (χ4v) is 4.95. The van der Waals surface area contributed by atoms with Crippen LogP contribution in [0.4, 0.5) is 26.3 Å². The Morgan fingerprint density at radius 3 is 2.10 bits per heavy atom. The third-order valence-corrected chi connectivity index (χ3v) is 7.20. The van der Waals surface area contributed by atoms with Crippen LogP contribution >= 0.6 is 0 Å². The monoisotopic (exact) mass is 592 g/mol. The Morgan fingerprint density at radius 2 is 1.50 bits per heavy atom. The lowest BCUT2D eigenvalue weighted by molar-refractivity contribution is -0.143. The first kappa shape index (κ1) is 29.4. The molecule has 0 saturated carbocycles. The van der Waals surface area contributed by atoms with Crippen molar-refractivity contribution in [2.24, 2.45) is 0 Å². The van der Waals surface area contributed by atoms with Crippen LogP contribution in [0.25, 0.3) is 11.1 Å². The zero-order valence-corrected chi connectivity index (χ0v) is 22.4. The fourth-order valence-electron chi connectivity index (χ4n) is 4.95. The number of hydrogen-bond donors (Lipinski definition) is 0. The Morgan fingerprint density at radius 1 is 0.881 bits per heavy atom. The average Bonchev–Trinajstić information content (AvgIpc) is 3.10. The molecule has 1 aromatic heterocycles. The van der Waals surface area contributed by atoms with Gasteiger partial charge in [-0.25, -0.2) is 4.98 Å². The average molecular weight is 593 g/mol. The Labute approximate surface area is 237 Å². The summed E-state index contributed by atoms with van der Waals surface area (Å²) in [6.45, 7) is 1.51. The highest BCUT2D eigenvalue weighted by molar-refractivity contribution is 6.05. The van der Waals surface area contributed by atoms with Gasteiger partial charge in [-0.15, -0.1) is 0 Å². The van der Waals surface area contributed by atoms with Gasteiger partial charge in [0.2, 0.25) is 5.88 Å². The molecule has 0 aliphatic carbocycles. The second kappa shape index (κ2) is 11.3. The molecule has 0 atom stereocenters. The molecule has 2 aliphatic heterocycles. The lowest BCUT2D eigenvalue weighted by Crippen LogP contribution is -2.47. The van der Waals surface area contributed by atoms with Gasteiger partial charge >= 0.3 is 12.4 Å². The van der Waals surface area contributed by atoms with Crippen LogP contribution in [0, 0.1) is 0 Å². The summed E-state index contributed by atoms with van der Waals surface area (Å²) in [5.74, 6) is -1.16. The van der Waals surface area contributed by atoms with Gasteiger partial charge in [0.25, 0.3) is 11.8 Å². The van der Waals surface area contributed by atoms with Crippen molar-refractivity contribution >= 4 is 11.8 Å². The first-order chi connectivity index (χ1) is 19.8. The lowest BCUT2D eigenvalue weighted by atomic mass is 9.98. The molecule has 222 valence electrons. The number of ether oxygens (including phenoxy) is 1. The summed E-state index contributed by atoms with van der Waals surface area (Å²) >= 11 is 0. The summed E-state index contributed by atoms with van der Waals surface area (Å²) in [5.41, 5.74) is -2.38. The molecule has 2 aliphatic rings. The SMILES string of the molecule is CN1CCN(C(=O)c2cc(-c3ccccc3)c3c(n2)OCCN(Cc2cc(C(F)(F)F)cc(C(F)(F)F)c2)C3=O)CC1. The van der Waals surface area contributed by atoms with Crippen molar-refractivity contribution in [2.75, 3.05) is 46.4 Å². The molecule has 1 saturated heterocycles. The molecule has 1 fully saturated rings. The summed E-state index contributed by atoms with van der Waals surface area (Å²) in [7, 11) is 1.95. The summed E-state index contributed by atoms with van der Waals surface area (Å²) in [6.07, 6.45) is -10.0. The molecule has 0 bridgehead atoms. The van der Waals surface area contributed by atoms with Crippen LogP contribution in [0.2, 0.25) is 0 Å². The molecule has 0 N–H and O–H groups in total. The molecule has 0 unspecified atom stereocenters. The topological polar surface area (TPSA) is 66.0 Å². The molecule has 13 heteroatoms. The van der Waals surface area contributed by atoms with Gasteiger partial charge in [-0.1, -0.05) is 30.3 Å². The number of amides is 2. The molecule has 0 spiro atoms. The standard InChI is InChI=1S/C29H26F6N4O3/c1-37-7-9-38(10-8-37)26(40)23-16-22(19-5-3-2-4-6-19)24-25(36-23)42-12-11-39(27(24)41)17-18-13-20(28(30,31)32)15-21(14-18)29(33,34)35/h2-6,13-16H,7-12,17H2,1H3. The number of fused-ring (bicyclic) bond motifs is 1. The van der Waals surface area contributed by atoms with E-state index in [2.05, 4.69) is 9.88 Å². The number of rotatable bonds is 4. The minimum atomic E-state index is -5.02. The predicted molar refractivity (Wildman–Crippen MR) is 140 cm³/mol. The highest BCUT2D eigenvalue weighted by Gasteiger charge is 2.38. The molecule has 2 amide bonds. The number of halogens is 6. The summed E-state index contributed by atoms with van der Waals surface area (Å²) in [6, 6.07) is 11.4. The first-order valence-electron chi connectivity index (χ1n) is 13.1. The highest BCUT2D eigenvalue weighted by atomic mass is 19.4. The third-order valence-electron chi connectivity index (χ3n) is 7.20. The number of likely N-dealkylation sites (N-methyl/N-ethyl adjacent to an activating group) is 1. The number of nitrogens with zero attached hydrogens (tertiary/aromatic N) is 4. The second-order valence-electron chi connectivity index (χ2n) is 10.2. The number of carbonyl (C=O) groups is 2. The van der Waals surface area contributed by atoms with Crippen LogP contribution in [0.15, 0.2) is 54.6 Å². The van der Waals surface area contributed by atoms with E-state index in [9.17, 15) is 35.9 Å². The van der Waals surface area contributed by atoms with Crippen LogP contribution in [0.5, 0.6) is 5.88 Å². The Balaban J connectivity index is 1.54. The molecule has 3 aromatic rings. The van der Waals surface area contributed by atoms with Gasteiger partial charge < -0.3 is 19.4 Å². The van der Waals surface area contributed by atoms with Gasteiger partial charge in [-0.2, -0.15) is 26.3 Å². The Bertz CT molecular complexity index is 1450. The quantitative estimate of drug-likeness (QED) is 0.390. The molecular formula is C29H26F6N4O3. The van der Waals surface area contributed by atoms with Crippen LogP contribution in [0.1, 0.15) is 37.5 Å². The van der Waals surface area contributed by atoms with Crippen molar-refractivity contribution in [3.05, 3.63) is 82.5 Å². The van der Waals surface area contributed by atoms with Gasteiger partial charge in [0.1, 0.15) is 17.9 Å². The summed E-state index contributed by atoms with van der Waals surface area (Å²) in [4.78, 5) is 36.5. The smallest absolute Gasteiger partial charge is 0.416 e. The van der Waals surface area contributed by atoms with Crippen molar-refractivity contribution in [3.63, 3.8) is 0 Å². The molecule has 3 heterocycles. The van der Waals surface area contributed by atoms with E-state index in [1.54, 1.807) is 35.2 Å². The maximum atomic E-state index is 13.9. The van der Waals surface area contributed by atoms with Crippen molar-refractivity contribution in [1.29, 1.82) is 0 Å². The van der Waals surface area contributed by atoms with E-state index < -0.39 is 35.9 Å². The van der Waals surface area contributed by atoms with Crippen molar-refractivity contribution in [1.82, 2.24) is 19.7 Å². The van der Waals surface area contributed by atoms with E-state index in [0.717, 1.165) is 4.90 Å². The number of carbonyl (C=O) groups excluding carboxylic acids is 2. The van der Waals surface area contributed by atoms with Gasteiger partial charge in [-0.3, -0.25) is 9.59 Å². The van der Waals surface area contributed by atoms with E-state index >= 15 is 0 Å². The second-order valence-corrected chi connectivity index (χ2v) is 10.2. The molecule has 2 aromatic carbocycles. The zero-order valence-electron chi connectivity index (χ0n) is 22.4. The highest BCUT2D eigenvalue weighted by Crippen LogP contribution is 2.38. The molecule has 0 radical (unpaired) electrons. The van der Waals surface area contributed by atoms with E-state index in [0.29, 0.717) is 49.4 Å². The van der Waals surface area contributed by atoms with Crippen LogP contribution in [-0.2, 0) is 18.9 Å². The van der Waals surface area contributed by atoms with E-state index in [4.69, 9.17) is 4.74 Å². The van der Waals surface area contributed by atoms with Crippen LogP contribution < -0.4 is 4.74 Å². The molecular weight excluding hydrogens is 566 g/mol. The largest absolute Gasteiger partial charge is 0.475 e. The number of pyridine rings is 1. The van der Waals surface area contributed by atoms with E-state index in [1.165, 1.54) is 6.07 Å². The summed E-state index contributed by atoms with van der Waals surface area (Å²) < 4.78 is 86.4. The van der Waals surface area contributed by atoms with Crippen LogP contribution in [0.3, 0.4) is 0 Å². The van der Waals surface area contributed by atoms with Gasteiger partial charge in [0, 0.05) is 38.3 Å². The number of hydrogen-bond acceptors (Lipinski definition) is 5. The molecule has 7 nitrogen and oxygen atoms in total. The third kappa shape index (κ3) is 6.20. The number of piperazine rings is 1. The summed E-state index contributed by atoms with van der Waals surface area (Å²) in [5, 5.41) is 0. The van der Waals surface area contributed by atoms with Crippen molar-refractivity contribution in [3.8, 4) is 17.0 Å². The van der Waals surface area contributed by atoms with E-state index in [1.807, 2.05) is 7.05 Å². The minimum Gasteiger partial charge on any atom is -0.475 e. The number of benzene rings is 2. The normalized spacial score (nSPS) is 16.6. The Kier molecular flexibility index (Phi) is 7.88. The van der Waals surface area contributed by atoms with Crippen molar-refractivity contribution in [2.45, 2.75) is 18.9 Å². The van der Waals surface area contributed by atoms with Gasteiger partial charge in [0.15, 0.2) is 0 Å². The maximum absolute atomic E-state index is 13.9. The van der Waals surface area contributed by atoms with Crippen LogP contribution in [-0.4, -0.2) is 77.9 Å². The predicted octanol–water partition coefficient (Wildman–Crippen LogP) is 5.21. The van der Waals surface area contributed by atoms with E-state index in [-0.39, 0.29) is 47.8 Å². The minimum absolute atomic E-state index is 0.0309. The van der Waals surface area contributed by atoms with Gasteiger partial charge in [-0.05, 0) is 42.4 Å². The first-order valence-corrected chi connectivity index (χ1v) is 13.1. The van der Waals surface area contributed by atoms with Crippen molar-refractivity contribution < 1.29 is 40.7 Å².